The molecule has 7 heteroatoms. The van der Waals surface area contributed by atoms with Crippen molar-refractivity contribution in [2.75, 3.05) is 10.5 Å². The van der Waals surface area contributed by atoms with Crippen LogP contribution in [0.15, 0.2) is 78.0 Å². The molecule has 1 heterocycles. The normalized spacial score (nSPS) is 11.1. The van der Waals surface area contributed by atoms with E-state index >= 15 is 0 Å². The van der Waals surface area contributed by atoms with Crippen LogP contribution < -0.4 is 10.5 Å². The first-order valence-corrected chi connectivity index (χ1v) is 10.3. The molecule has 0 aliphatic carbocycles. The molecule has 3 aromatic rings. The summed E-state index contributed by atoms with van der Waals surface area (Å²) in [7, 11) is -3.68. The van der Waals surface area contributed by atoms with Crippen molar-refractivity contribution in [3.8, 4) is 0 Å². The van der Waals surface area contributed by atoms with Crippen LogP contribution in [0.4, 0.5) is 11.4 Å². The molecular weight excluding hydrogens is 374 g/mol. The number of nitrogens with zero attached hydrogens (tertiary/aromatic N) is 1. The number of sulfonamides is 1. The summed E-state index contributed by atoms with van der Waals surface area (Å²) in [6.07, 6.45) is 4.87. The van der Waals surface area contributed by atoms with Crippen molar-refractivity contribution in [3.05, 3.63) is 84.2 Å². The number of nitrogen functional groups attached to an aromatic ring is 1. The number of nitrogens with two attached hydrogens (primary N) is 1. The van der Waals surface area contributed by atoms with Crippen LogP contribution in [0.3, 0.4) is 0 Å². The maximum atomic E-state index is 12.4. The average molecular weight is 395 g/mol. The molecule has 6 nitrogen and oxygen atoms in total. The summed E-state index contributed by atoms with van der Waals surface area (Å²) in [6, 6.07) is 16.6. The molecular formula is C21H21N3O3S. The summed E-state index contributed by atoms with van der Waals surface area (Å²) < 4.78 is 27.3. The van der Waals surface area contributed by atoms with Crippen molar-refractivity contribution in [2.45, 2.75) is 24.2 Å². The fraction of sp³-hybridized carbons (Fsp3) is 0.143. The molecule has 3 rings (SSSR count). The molecule has 0 amide bonds. The van der Waals surface area contributed by atoms with Gasteiger partial charge in [-0.25, -0.2) is 8.42 Å². The fourth-order valence-corrected chi connectivity index (χ4v) is 3.76. The average Bonchev–Trinajstić information content (AvgIpc) is 2.69. The van der Waals surface area contributed by atoms with E-state index in [4.69, 9.17) is 5.73 Å². The number of ketones is 1. The van der Waals surface area contributed by atoms with Gasteiger partial charge < -0.3 is 5.73 Å². The summed E-state index contributed by atoms with van der Waals surface area (Å²) in [4.78, 5) is 16.3. The Morgan fingerprint density at radius 3 is 2.32 bits per heavy atom. The highest BCUT2D eigenvalue weighted by Crippen LogP contribution is 2.18. The van der Waals surface area contributed by atoms with Gasteiger partial charge in [-0.05, 0) is 60.0 Å². The van der Waals surface area contributed by atoms with Crippen LogP contribution in [-0.2, 0) is 27.7 Å². The van der Waals surface area contributed by atoms with Crippen molar-refractivity contribution >= 4 is 27.2 Å². The Morgan fingerprint density at radius 1 is 0.964 bits per heavy atom. The third-order valence-electron chi connectivity index (χ3n) is 4.21. The standard InChI is InChI=1S/C21H21N3O3S/c22-18-6-11-21(12-7-18)28(26,27)24-19-8-3-16(4-9-19)14-20(25)10-5-17-2-1-13-23-15-17/h1-4,6-9,11-13,15,24H,5,10,14,22H2. The lowest BCUT2D eigenvalue weighted by molar-refractivity contribution is -0.118. The minimum absolute atomic E-state index is 0.124. The van der Waals surface area contributed by atoms with E-state index in [2.05, 4.69) is 9.71 Å². The molecule has 0 aliphatic heterocycles. The molecule has 0 saturated carbocycles. The van der Waals surface area contributed by atoms with Crippen molar-refractivity contribution in [1.29, 1.82) is 0 Å². The SMILES string of the molecule is Nc1ccc(S(=O)(=O)Nc2ccc(CC(=O)CCc3cccnc3)cc2)cc1. The van der Waals surface area contributed by atoms with E-state index in [9.17, 15) is 13.2 Å². The summed E-state index contributed by atoms with van der Waals surface area (Å²) in [5, 5.41) is 0. The summed E-state index contributed by atoms with van der Waals surface area (Å²) in [6.45, 7) is 0. The van der Waals surface area contributed by atoms with Crippen LogP contribution in [0.2, 0.25) is 0 Å². The van der Waals surface area contributed by atoms with Gasteiger partial charge in [0.25, 0.3) is 10.0 Å². The van der Waals surface area contributed by atoms with Gasteiger partial charge in [0.1, 0.15) is 5.78 Å². The van der Waals surface area contributed by atoms with Crippen LogP contribution in [0, 0.1) is 0 Å². The van der Waals surface area contributed by atoms with E-state index in [-0.39, 0.29) is 10.7 Å². The Balaban J connectivity index is 1.57. The predicted octanol–water partition coefficient (Wildman–Crippen LogP) is 3.21. The molecule has 0 fully saturated rings. The zero-order valence-electron chi connectivity index (χ0n) is 15.2. The molecule has 1 aromatic heterocycles. The van der Waals surface area contributed by atoms with Crippen molar-refractivity contribution in [3.63, 3.8) is 0 Å². The second kappa shape index (κ2) is 8.67. The summed E-state index contributed by atoms with van der Waals surface area (Å²) in [5.74, 6) is 0.124. The molecule has 28 heavy (non-hydrogen) atoms. The monoisotopic (exact) mass is 395 g/mol. The maximum absolute atomic E-state index is 12.4. The predicted molar refractivity (Wildman–Crippen MR) is 109 cm³/mol. The highest BCUT2D eigenvalue weighted by molar-refractivity contribution is 7.92. The highest BCUT2D eigenvalue weighted by atomic mass is 32.2. The second-order valence-electron chi connectivity index (χ2n) is 6.45. The number of carbonyl (C=O) groups is 1. The first-order chi connectivity index (χ1) is 13.4. The zero-order chi connectivity index (χ0) is 20.0. The molecule has 0 radical (unpaired) electrons. The van der Waals surface area contributed by atoms with Crippen LogP contribution in [0.25, 0.3) is 0 Å². The van der Waals surface area contributed by atoms with Crippen LogP contribution >= 0.6 is 0 Å². The van der Waals surface area contributed by atoms with E-state index in [1.165, 1.54) is 24.3 Å². The van der Waals surface area contributed by atoms with Gasteiger partial charge >= 0.3 is 0 Å². The van der Waals surface area contributed by atoms with E-state index in [0.29, 0.717) is 30.6 Å². The minimum Gasteiger partial charge on any atom is -0.399 e. The lowest BCUT2D eigenvalue weighted by Crippen LogP contribution is -2.13. The van der Waals surface area contributed by atoms with Gasteiger partial charge in [-0.15, -0.1) is 0 Å². The number of Topliss-reactive ketones (excluding diaryl/α,β-unsaturated/α-hetero) is 1. The van der Waals surface area contributed by atoms with Gasteiger partial charge in [-0.2, -0.15) is 0 Å². The van der Waals surface area contributed by atoms with E-state index < -0.39 is 10.0 Å². The number of carbonyl (C=O) groups excluding carboxylic acids is 1. The molecule has 0 unspecified atom stereocenters. The molecule has 2 aromatic carbocycles. The van der Waals surface area contributed by atoms with Crippen molar-refractivity contribution in [1.82, 2.24) is 4.98 Å². The number of anilines is 2. The zero-order valence-corrected chi connectivity index (χ0v) is 16.0. The largest absolute Gasteiger partial charge is 0.399 e. The van der Waals surface area contributed by atoms with Gasteiger partial charge in [0.05, 0.1) is 4.90 Å². The number of pyridine rings is 1. The molecule has 3 N–H and O–H groups in total. The Labute approximate surface area is 164 Å². The number of hydrogen-bond donors (Lipinski definition) is 2. The van der Waals surface area contributed by atoms with Crippen LogP contribution in [-0.4, -0.2) is 19.2 Å². The van der Waals surface area contributed by atoms with E-state index in [1.54, 1.807) is 36.7 Å². The Kier molecular flexibility index (Phi) is 6.06. The van der Waals surface area contributed by atoms with Crippen LogP contribution in [0.1, 0.15) is 17.5 Å². The maximum Gasteiger partial charge on any atom is 0.261 e. The number of aryl methyl sites for hydroxylation is 1. The lowest BCUT2D eigenvalue weighted by atomic mass is 10.0. The fourth-order valence-electron chi connectivity index (χ4n) is 2.70. The number of rotatable bonds is 8. The molecule has 0 spiro atoms. The first-order valence-electron chi connectivity index (χ1n) is 8.80. The number of benzene rings is 2. The number of hydrogen-bond acceptors (Lipinski definition) is 5. The Morgan fingerprint density at radius 2 is 1.68 bits per heavy atom. The highest BCUT2D eigenvalue weighted by Gasteiger charge is 2.14. The molecule has 0 bridgehead atoms. The van der Waals surface area contributed by atoms with Crippen LogP contribution in [0.5, 0.6) is 0 Å². The topological polar surface area (TPSA) is 102 Å². The summed E-state index contributed by atoms with van der Waals surface area (Å²) >= 11 is 0. The van der Waals surface area contributed by atoms with Gasteiger partial charge in [-0.1, -0.05) is 18.2 Å². The minimum atomic E-state index is -3.68. The summed E-state index contributed by atoms with van der Waals surface area (Å²) in [5.41, 5.74) is 8.39. The smallest absolute Gasteiger partial charge is 0.261 e. The quantitative estimate of drug-likeness (QED) is 0.570. The number of nitrogens with one attached hydrogen (secondary N) is 1. The molecule has 0 saturated heterocycles. The third kappa shape index (κ3) is 5.40. The third-order valence-corrected chi connectivity index (χ3v) is 5.61. The van der Waals surface area contributed by atoms with Crippen molar-refractivity contribution in [2.24, 2.45) is 0 Å². The van der Waals surface area contributed by atoms with Gasteiger partial charge in [0.15, 0.2) is 0 Å². The van der Waals surface area contributed by atoms with Crippen molar-refractivity contribution < 1.29 is 13.2 Å². The van der Waals surface area contributed by atoms with Gasteiger partial charge in [0, 0.05) is 36.6 Å². The second-order valence-corrected chi connectivity index (χ2v) is 8.13. The van der Waals surface area contributed by atoms with Gasteiger partial charge in [0.2, 0.25) is 0 Å². The van der Waals surface area contributed by atoms with E-state index in [0.717, 1.165) is 11.1 Å². The van der Waals surface area contributed by atoms with E-state index in [1.807, 2.05) is 12.1 Å². The lowest BCUT2D eigenvalue weighted by Gasteiger charge is -2.09. The molecule has 0 aliphatic rings. The molecule has 144 valence electrons. The number of aromatic nitrogens is 1. The first kappa shape index (κ1) is 19.6. The molecule has 0 atom stereocenters. The van der Waals surface area contributed by atoms with Gasteiger partial charge in [-0.3, -0.25) is 14.5 Å². The Bertz CT molecular complexity index is 1030. The Hall–Kier alpha value is -3.19.